The first kappa shape index (κ1) is 14.2. The first-order valence-corrected chi connectivity index (χ1v) is 6.75. The summed E-state index contributed by atoms with van der Waals surface area (Å²) in [5.74, 6) is 1.95. The zero-order chi connectivity index (χ0) is 14.5. The van der Waals surface area contributed by atoms with Gasteiger partial charge in [0.05, 0.1) is 6.54 Å². The molecule has 0 aliphatic carbocycles. The van der Waals surface area contributed by atoms with E-state index in [1.54, 1.807) is 0 Å². The molecule has 2 amide bonds. The van der Waals surface area contributed by atoms with E-state index in [1.165, 1.54) is 0 Å². The summed E-state index contributed by atoms with van der Waals surface area (Å²) in [7, 11) is 0. The van der Waals surface area contributed by atoms with Gasteiger partial charge in [-0.15, -0.1) is 0 Å². The second kappa shape index (κ2) is 6.28. The molecule has 2 aromatic rings. The highest BCUT2D eigenvalue weighted by Crippen LogP contribution is 2.23. The Labute approximate surface area is 119 Å². The Hall–Kier alpha value is -2.23. The van der Waals surface area contributed by atoms with Gasteiger partial charge < -0.3 is 15.1 Å². The van der Waals surface area contributed by atoms with Crippen LogP contribution in [-0.4, -0.2) is 6.03 Å². The molecule has 1 heterocycles. The van der Waals surface area contributed by atoms with E-state index >= 15 is 0 Å². The Balaban J connectivity index is 1.94. The number of amides is 2. The van der Waals surface area contributed by atoms with Gasteiger partial charge in [-0.25, -0.2) is 4.79 Å². The van der Waals surface area contributed by atoms with Gasteiger partial charge in [0.25, 0.3) is 0 Å². The third-order valence-electron chi connectivity index (χ3n) is 3.05. The average Bonchev–Trinajstić information content (AvgIpc) is 2.83. The minimum Gasteiger partial charge on any atom is -0.465 e. The lowest BCUT2D eigenvalue weighted by Gasteiger charge is -2.13. The SMILES string of the molecule is Cc1ccc(CNC(=O)Nc2ccccc2C(C)C)o1. The van der Waals surface area contributed by atoms with Crippen molar-refractivity contribution < 1.29 is 9.21 Å². The zero-order valence-corrected chi connectivity index (χ0v) is 12.1. The van der Waals surface area contributed by atoms with Crippen LogP contribution in [0.15, 0.2) is 40.8 Å². The zero-order valence-electron chi connectivity index (χ0n) is 12.1. The highest BCUT2D eigenvalue weighted by molar-refractivity contribution is 5.90. The Bertz CT molecular complexity index is 588. The molecule has 4 nitrogen and oxygen atoms in total. The fraction of sp³-hybridized carbons (Fsp3) is 0.312. The van der Waals surface area contributed by atoms with E-state index in [0.29, 0.717) is 12.5 Å². The summed E-state index contributed by atoms with van der Waals surface area (Å²) < 4.78 is 5.40. The summed E-state index contributed by atoms with van der Waals surface area (Å²) in [5.41, 5.74) is 1.96. The fourth-order valence-electron chi connectivity index (χ4n) is 2.03. The van der Waals surface area contributed by atoms with Crippen molar-refractivity contribution in [2.45, 2.75) is 33.2 Å². The lowest BCUT2D eigenvalue weighted by Crippen LogP contribution is -2.28. The predicted octanol–water partition coefficient (Wildman–Crippen LogP) is 4.03. The number of para-hydroxylation sites is 1. The third-order valence-corrected chi connectivity index (χ3v) is 3.05. The van der Waals surface area contributed by atoms with Crippen LogP contribution in [0.5, 0.6) is 0 Å². The van der Waals surface area contributed by atoms with E-state index in [0.717, 1.165) is 22.8 Å². The van der Waals surface area contributed by atoms with Gasteiger partial charge in [-0.3, -0.25) is 0 Å². The van der Waals surface area contributed by atoms with Crippen LogP contribution in [0.1, 0.15) is 36.8 Å². The lowest BCUT2D eigenvalue weighted by atomic mass is 10.0. The Morgan fingerprint density at radius 2 is 1.95 bits per heavy atom. The second-order valence-corrected chi connectivity index (χ2v) is 5.06. The summed E-state index contributed by atoms with van der Waals surface area (Å²) in [5, 5.41) is 5.66. The van der Waals surface area contributed by atoms with Crippen LogP contribution >= 0.6 is 0 Å². The van der Waals surface area contributed by atoms with Crippen LogP contribution in [0, 0.1) is 6.92 Å². The van der Waals surface area contributed by atoms with Crippen LogP contribution in [0.3, 0.4) is 0 Å². The van der Waals surface area contributed by atoms with Gasteiger partial charge in [-0.2, -0.15) is 0 Å². The van der Waals surface area contributed by atoms with E-state index in [9.17, 15) is 4.79 Å². The number of rotatable bonds is 4. The number of furan rings is 1. The standard InChI is InChI=1S/C16H20N2O2/c1-11(2)14-6-4-5-7-15(14)18-16(19)17-10-13-9-8-12(3)20-13/h4-9,11H,10H2,1-3H3,(H2,17,18,19). The van der Waals surface area contributed by atoms with Crippen LogP contribution in [-0.2, 0) is 6.54 Å². The Kier molecular flexibility index (Phi) is 4.45. The maximum absolute atomic E-state index is 11.9. The van der Waals surface area contributed by atoms with Gasteiger partial charge in [-0.05, 0) is 36.6 Å². The van der Waals surface area contributed by atoms with Crippen molar-refractivity contribution in [1.82, 2.24) is 5.32 Å². The number of carbonyl (C=O) groups excluding carboxylic acids is 1. The highest BCUT2D eigenvalue weighted by Gasteiger charge is 2.09. The number of carbonyl (C=O) groups is 1. The number of nitrogens with one attached hydrogen (secondary N) is 2. The first-order chi connectivity index (χ1) is 9.56. The van der Waals surface area contributed by atoms with Crippen molar-refractivity contribution in [3.8, 4) is 0 Å². The van der Waals surface area contributed by atoms with E-state index < -0.39 is 0 Å². The predicted molar refractivity (Wildman–Crippen MR) is 79.8 cm³/mol. The molecule has 0 saturated heterocycles. The topological polar surface area (TPSA) is 54.3 Å². The molecule has 0 atom stereocenters. The molecule has 1 aromatic carbocycles. The van der Waals surface area contributed by atoms with Crippen LogP contribution in [0.4, 0.5) is 10.5 Å². The normalized spacial score (nSPS) is 10.6. The lowest BCUT2D eigenvalue weighted by molar-refractivity contribution is 0.250. The third kappa shape index (κ3) is 3.63. The van der Waals surface area contributed by atoms with E-state index in [-0.39, 0.29) is 6.03 Å². The smallest absolute Gasteiger partial charge is 0.319 e. The van der Waals surface area contributed by atoms with Gasteiger partial charge in [0.15, 0.2) is 0 Å². The molecule has 0 spiro atoms. The van der Waals surface area contributed by atoms with E-state index in [1.807, 2.05) is 43.3 Å². The molecule has 0 aliphatic rings. The quantitative estimate of drug-likeness (QED) is 0.882. The van der Waals surface area contributed by atoms with Gasteiger partial charge >= 0.3 is 6.03 Å². The van der Waals surface area contributed by atoms with E-state index in [2.05, 4.69) is 24.5 Å². The van der Waals surface area contributed by atoms with Crippen LogP contribution < -0.4 is 10.6 Å². The summed E-state index contributed by atoms with van der Waals surface area (Å²) in [6.07, 6.45) is 0. The van der Waals surface area contributed by atoms with Crippen molar-refractivity contribution in [2.24, 2.45) is 0 Å². The maximum atomic E-state index is 11.9. The Morgan fingerprint density at radius 3 is 2.60 bits per heavy atom. The number of hydrogen-bond donors (Lipinski definition) is 2. The van der Waals surface area contributed by atoms with Crippen molar-refractivity contribution in [1.29, 1.82) is 0 Å². The summed E-state index contributed by atoms with van der Waals surface area (Å²) >= 11 is 0. The molecule has 0 aliphatic heterocycles. The molecule has 106 valence electrons. The van der Waals surface area contributed by atoms with Crippen molar-refractivity contribution in [2.75, 3.05) is 5.32 Å². The molecule has 0 unspecified atom stereocenters. The molecular formula is C16H20N2O2. The molecule has 4 heteroatoms. The van der Waals surface area contributed by atoms with Gasteiger partial charge in [0.2, 0.25) is 0 Å². The van der Waals surface area contributed by atoms with Crippen LogP contribution in [0.2, 0.25) is 0 Å². The minimum absolute atomic E-state index is 0.229. The second-order valence-electron chi connectivity index (χ2n) is 5.06. The summed E-state index contributed by atoms with van der Waals surface area (Å²) in [6, 6.07) is 11.3. The van der Waals surface area contributed by atoms with E-state index in [4.69, 9.17) is 4.42 Å². The van der Waals surface area contributed by atoms with Gasteiger partial charge in [0, 0.05) is 5.69 Å². The van der Waals surface area contributed by atoms with Crippen LogP contribution in [0.25, 0.3) is 0 Å². The van der Waals surface area contributed by atoms with Gasteiger partial charge in [0.1, 0.15) is 11.5 Å². The summed E-state index contributed by atoms with van der Waals surface area (Å²) in [6.45, 7) is 6.46. The minimum atomic E-state index is -0.229. The molecule has 20 heavy (non-hydrogen) atoms. The molecule has 0 radical (unpaired) electrons. The Morgan fingerprint density at radius 1 is 1.20 bits per heavy atom. The monoisotopic (exact) mass is 272 g/mol. The number of aryl methyl sites for hydroxylation is 1. The van der Waals surface area contributed by atoms with Crippen molar-refractivity contribution in [3.05, 3.63) is 53.5 Å². The maximum Gasteiger partial charge on any atom is 0.319 e. The first-order valence-electron chi connectivity index (χ1n) is 6.75. The van der Waals surface area contributed by atoms with Crippen molar-refractivity contribution in [3.63, 3.8) is 0 Å². The molecule has 0 fully saturated rings. The summed E-state index contributed by atoms with van der Waals surface area (Å²) in [4.78, 5) is 11.9. The largest absolute Gasteiger partial charge is 0.465 e. The number of hydrogen-bond acceptors (Lipinski definition) is 2. The number of benzene rings is 1. The number of anilines is 1. The fourth-order valence-corrected chi connectivity index (χ4v) is 2.03. The van der Waals surface area contributed by atoms with Crippen molar-refractivity contribution >= 4 is 11.7 Å². The number of urea groups is 1. The molecule has 0 saturated carbocycles. The molecule has 2 N–H and O–H groups in total. The highest BCUT2D eigenvalue weighted by atomic mass is 16.3. The molecule has 2 rings (SSSR count). The molecule has 0 bridgehead atoms. The van der Waals surface area contributed by atoms with Gasteiger partial charge in [-0.1, -0.05) is 32.0 Å². The molecule has 1 aromatic heterocycles. The molecular weight excluding hydrogens is 252 g/mol. The average molecular weight is 272 g/mol.